The summed E-state index contributed by atoms with van der Waals surface area (Å²) in [7, 11) is 0. The molecule has 2 aliphatic rings. The first kappa shape index (κ1) is 23.9. The summed E-state index contributed by atoms with van der Waals surface area (Å²) in [5.74, 6) is 0.998. The van der Waals surface area contributed by atoms with Crippen LogP contribution in [0.1, 0.15) is 38.3 Å². The van der Waals surface area contributed by atoms with Crippen LogP contribution in [-0.4, -0.2) is 68.7 Å². The minimum atomic E-state index is -0.163. The lowest BCUT2D eigenvalue weighted by Crippen LogP contribution is -2.47. The van der Waals surface area contributed by atoms with Crippen molar-refractivity contribution in [2.24, 2.45) is 5.92 Å². The number of amides is 1. The second-order valence-corrected chi connectivity index (χ2v) is 10.7. The Labute approximate surface area is 204 Å². The van der Waals surface area contributed by atoms with E-state index in [1.807, 2.05) is 19.1 Å². The summed E-state index contributed by atoms with van der Waals surface area (Å²) in [5, 5.41) is 0. The third-order valence-electron chi connectivity index (χ3n) is 6.18. The molecule has 0 bridgehead atoms. The first-order valence-corrected chi connectivity index (χ1v) is 12.8. The highest BCUT2D eigenvalue weighted by Crippen LogP contribution is 2.34. The van der Waals surface area contributed by atoms with Crippen molar-refractivity contribution in [2.45, 2.75) is 34.1 Å². The molecule has 33 heavy (non-hydrogen) atoms. The first-order chi connectivity index (χ1) is 15.8. The highest BCUT2D eigenvalue weighted by Gasteiger charge is 2.33. The van der Waals surface area contributed by atoms with Crippen molar-refractivity contribution in [1.29, 1.82) is 0 Å². The molecule has 0 saturated carbocycles. The fourth-order valence-corrected chi connectivity index (χ4v) is 5.39. The van der Waals surface area contributed by atoms with Crippen molar-refractivity contribution in [1.82, 2.24) is 19.2 Å². The summed E-state index contributed by atoms with van der Waals surface area (Å²) in [6.45, 7) is 13.4. The van der Waals surface area contributed by atoms with Crippen molar-refractivity contribution in [3.05, 3.63) is 44.7 Å². The first-order valence-electron chi connectivity index (χ1n) is 11.5. The maximum atomic E-state index is 13.6. The van der Waals surface area contributed by atoms with Crippen LogP contribution in [0.15, 0.2) is 28.0 Å². The Bertz CT molecular complexity index is 1170. The quantitative estimate of drug-likeness (QED) is 0.459. The van der Waals surface area contributed by atoms with Crippen LogP contribution >= 0.6 is 24.0 Å². The minimum Gasteiger partial charge on any atom is -0.353 e. The van der Waals surface area contributed by atoms with E-state index < -0.39 is 0 Å². The number of likely N-dealkylation sites (N-methyl/N-ethyl adjacent to an activating group) is 1. The van der Waals surface area contributed by atoms with Gasteiger partial charge >= 0.3 is 0 Å². The third-order valence-corrected chi connectivity index (χ3v) is 7.56. The molecule has 9 heteroatoms. The Kier molecular flexibility index (Phi) is 7.21. The second kappa shape index (κ2) is 9.95. The zero-order valence-corrected chi connectivity index (χ0v) is 21.3. The molecule has 1 amide bonds. The van der Waals surface area contributed by atoms with Gasteiger partial charge in [-0.25, -0.2) is 4.98 Å². The number of thiocarbonyl (C=S) groups is 1. The van der Waals surface area contributed by atoms with Gasteiger partial charge in [0.1, 0.15) is 15.8 Å². The van der Waals surface area contributed by atoms with Crippen LogP contribution in [0, 0.1) is 12.8 Å². The number of anilines is 1. The molecule has 176 valence electrons. The van der Waals surface area contributed by atoms with E-state index in [1.165, 1.54) is 11.8 Å². The number of thioether (sulfide) groups is 1. The van der Waals surface area contributed by atoms with E-state index in [0.29, 0.717) is 38.7 Å². The van der Waals surface area contributed by atoms with Gasteiger partial charge in [0.05, 0.1) is 10.5 Å². The largest absolute Gasteiger partial charge is 0.353 e. The number of hydrogen-bond donors (Lipinski definition) is 0. The molecule has 0 unspecified atom stereocenters. The maximum absolute atomic E-state index is 13.6. The van der Waals surface area contributed by atoms with E-state index >= 15 is 0 Å². The number of pyridine rings is 1. The smallest absolute Gasteiger partial charge is 0.267 e. The molecule has 2 aromatic heterocycles. The van der Waals surface area contributed by atoms with Crippen LogP contribution in [0.25, 0.3) is 11.7 Å². The van der Waals surface area contributed by atoms with Gasteiger partial charge in [0.15, 0.2) is 0 Å². The number of hydrogen-bond acceptors (Lipinski definition) is 7. The molecule has 0 spiro atoms. The lowest BCUT2D eigenvalue weighted by Gasteiger charge is -2.35. The molecule has 0 atom stereocenters. The van der Waals surface area contributed by atoms with Crippen molar-refractivity contribution >= 4 is 51.7 Å². The number of aryl methyl sites for hydroxylation is 1. The third kappa shape index (κ3) is 5.00. The average Bonchev–Trinajstić information content (AvgIpc) is 3.06. The van der Waals surface area contributed by atoms with Crippen LogP contribution in [0.2, 0.25) is 0 Å². The standard InChI is InChI=1S/C24H31N5O2S2/c1-5-26-10-12-27(13-11-26)21-18(22(30)29-15-17(4)6-7-20(29)25-21)14-19-23(31)28(24(32)33-19)9-8-16(2)3/h6-7,14-16H,5,8-13H2,1-4H3/b19-14-. The minimum absolute atomic E-state index is 0.124. The molecular weight excluding hydrogens is 454 g/mol. The lowest BCUT2D eigenvalue weighted by atomic mass is 10.1. The Balaban J connectivity index is 1.77. The molecule has 2 aromatic rings. The molecule has 2 saturated heterocycles. The van der Waals surface area contributed by atoms with Crippen LogP contribution in [-0.2, 0) is 4.79 Å². The summed E-state index contributed by atoms with van der Waals surface area (Å²) in [6, 6.07) is 3.83. The Hall–Kier alpha value is -2.23. The Morgan fingerprint density at radius 3 is 2.58 bits per heavy atom. The second-order valence-electron chi connectivity index (χ2n) is 9.03. The monoisotopic (exact) mass is 485 g/mol. The van der Waals surface area contributed by atoms with E-state index in [-0.39, 0.29) is 11.5 Å². The molecule has 0 aliphatic carbocycles. The van der Waals surface area contributed by atoms with E-state index in [1.54, 1.807) is 21.6 Å². The van der Waals surface area contributed by atoms with Crippen molar-refractivity contribution in [2.75, 3.05) is 44.2 Å². The van der Waals surface area contributed by atoms with Crippen LogP contribution in [0.4, 0.5) is 5.82 Å². The summed E-state index contributed by atoms with van der Waals surface area (Å²) >= 11 is 6.76. The van der Waals surface area contributed by atoms with Gasteiger partial charge in [-0.05, 0) is 43.5 Å². The lowest BCUT2D eigenvalue weighted by molar-refractivity contribution is -0.122. The highest BCUT2D eigenvalue weighted by atomic mass is 32.2. The number of nitrogens with zero attached hydrogens (tertiary/aromatic N) is 5. The van der Waals surface area contributed by atoms with E-state index in [4.69, 9.17) is 17.2 Å². The van der Waals surface area contributed by atoms with Crippen molar-refractivity contribution in [3.63, 3.8) is 0 Å². The van der Waals surface area contributed by atoms with Crippen LogP contribution in [0.3, 0.4) is 0 Å². The number of piperazine rings is 1. The molecule has 4 heterocycles. The average molecular weight is 486 g/mol. The van der Waals surface area contributed by atoms with E-state index in [9.17, 15) is 9.59 Å². The predicted molar refractivity (Wildman–Crippen MR) is 140 cm³/mol. The summed E-state index contributed by atoms with van der Waals surface area (Å²) < 4.78 is 2.13. The zero-order chi connectivity index (χ0) is 23.7. The molecule has 4 rings (SSSR count). The number of rotatable bonds is 6. The van der Waals surface area contributed by atoms with Gasteiger partial charge < -0.3 is 9.80 Å². The molecule has 0 N–H and O–H groups in total. The van der Waals surface area contributed by atoms with Gasteiger partial charge in [-0.2, -0.15) is 0 Å². The normalized spacial score (nSPS) is 19.0. The number of carbonyl (C=O) groups excluding carboxylic acids is 1. The fourth-order valence-electron chi connectivity index (χ4n) is 4.10. The molecule has 2 aliphatic heterocycles. The van der Waals surface area contributed by atoms with Gasteiger partial charge in [0.25, 0.3) is 11.5 Å². The van der Waals surface area contributed by atoms with E-state index in [0.717, 1.165) is 44.7 Å². The van der Waals surface area contributed by atoms with Gasteiger partial charge in [0, 0.05) is 38.9 Å². The molecule has 0 aromatic carbocycles. The van der Waals surface area contributed by atoms with Crippen LogP contribution in [0.5, 0.6) is 0 Å². The van der Waals surface area contributed by atoms with Gasteiger partial charge in [-0.15, -0.1) is 0 Å². The van der Waals surface area contributed by atoms with E-state index in [2.05, 4.69) is 30.6 Å². The molecule has 0 radical (unpaired) electrons. The number of aromatic nitrogens is 2. The SMILES string of the molecule is CCN1CCN(c2nc3ccc(C)cn3c(=O)c2/C=C2\SC(=S)N(CCC(C)C)C2=O)CC1. The Morgan fingerprint density at radius 2 is 1.91 bits per heavy atom. The maximum Gasteiger partial charge on any atom is 0.267 e. The van der Waals surface area contributed by atoms with Gasteiger partial charge in [-0.3, -0.25) is 18.9 Å². The summed E-state index contributed by atoms with van der Waals surface area (Å²) in [5.41, 5.74) is 1.87. The van der Waals surface area contributed by atoms with Crippen molar-refractivity contribution in [3.8, 4) is 0 Å². The summed E-state index contributed by atoms with van der Waals surface area (Å²) in [4.78, 5) is 38.3. The van der Waals surface area contributed by atoms with Gasteiger partial charge in [0.2, 0.25) is 0 Å². The molecule has 7 nitrogen and oxygen atoms in total. The highest BCUT2D eigenvalue weighted by molar-refractivity contribution is 8.26. The number of fused-ring (bicyclic) bond motifs is 1. The van der Waals surface area contributed by atoms with Gasteiger partial charge in [-0.1, -0.05) is 50.8 Å². The topological polar surface area (TPSA) is 61.2 Å². The predicted octanol–water partition coefficient (Wildman–Crippen LogP) is 3.39. The molecule has 2 fully saturated rings. The Morgan fingerprint density at radius 1 is 1.18 bits per heavy atom. The van der Waals surface area contributed by atoms with Crippen LogP contribution < -0.4 is 10.5 Å². The van der Waals surface area contributed by atoms with Crippen molar-refractivity contribution < 1.29 is 4.79 Å². The fraction of sp³-hybridized carbons (Fsp3) is 0.500. The zero-order valence-electron chi connectivity index (χ0n) is 19.7. The molecular formula is C24H31N5O2S2. The number of carbonyl (C=O) groups is 1. The summed E-state index contributed by atoms with van der Waals surface area (Å²) in [6.07, 6.45) is 4.39.